The summed E-state index contributed by atoms with van der Waals surface area (Å²) in [5.41, 5.74) is 0. The average Bonchev–Trinajstić information content (AvgIpc) is 3.33. The largest absolute Gasteiger partial charge is 0.444 e. The predicted octanol–water partition coefficient (Wildman–Crippen LogP) is 2.08. The van der Waals surface area contributed by atoms with Crippen LogP contribution in [0.15, 0.2) is 23.0 Å². The summed E-state index contributed by atoms with van der Waals surface area (Å²) in [4.78, 5) is 25.2. The van der Waals surface area contributed by atoms with Gasteiger partial charge in [0.25, 0.3) is 0 Å². The second kappa shape index (κ2) is 7.82. The molecule has 1 atom stereocenters. The van der Waals surface area contributed by atoms with Crippen molar-refractivity contribution >= 4 is 5.91 Å². The van der Waals surface area contributed by atoms with Gasteiger partial charge in [0.05, 0.1) is 19.3 Å². The number of aryl methyl sites for hydroxylation is 2. The van der Waals surface area contributed by atoms with Crippen molar-refractivity contribution in [2.75, 3.05) is 13.1 Å². The van der Waals surface area contributed by atoms with Gasteiger partial charge in [0, 0.05) is 51.4 Å². The molecule has 2 aromatic rings. The molecule has 1 amide bonds. The fraction of sp³-hybridized carbons (Fsp3) is 0.611. The van der Waals surface area contributed by atoms with Gasteiger partial charge in [-0.2, -0.15) is 0 Å². The normalized spacial score (nSPS) is 18.0. The van der Waals surface area contributed by atoms with Crippen LogP contribution in [0.25, 0.3) is 0 Å². The van der Waals surface area contributed by atoms with E-state index in [0.29, 0.717) is 12.4 Å². The van der Waals surface area contributed by atoms with Crippen LogP contribution in [0.5, 0.6) is 0 Å². The standard InChI is InChI=1S/C18H27N5O2/c1-4-16-10-20-18(25-16)13-23(14(3)24)15-6-8-21(11-15)12-17-19-7-9-22(17)5-2/h7,9-10,15H,4-6,8,11-13H2,1-3H3. The van der Waals surface area contributed by atoms with Crippen LogP contribution >= 0.6 is 0 Å². The van der Waals surface area contributed by atoms with Gasteiger partial charge in [-0.15, -0.1) is 0 Å². The minimum atomic E-state index is 0.0677. The molecule has 1 aliphatic rings. The molecule has 2 aromatic heterocycles. The Bertz CT molecular complexity index is 708. The number of carbonyl (C=O) groups excluding carboxylic acids is 1. The highest BCUT2D eigenvalue weighted by molar-refractivity contribution is 5.73. The van der Waals surface area contributed by atoms with E-state index in [4.69, 9.17) is 4.42 Å². The van der Waals surface area contributed by atoms with Crippen molar-refractivity contribution in [3.63, 3.8) is 0 Å². The highest BCUT2D eigenvalue weighted by atomic mass is 16.4. The van der Waals surface area contributed by atoms with Crippen molar-refractivity contribution in [1.82, 2.24) is 24.3 Å². The van der Waals surface area contributed by atoms with E-state index in [9.17, 15) is 4.79 Å². The first-order valence-electron chi connectivity index (χ1n) is 9.03. The number of rotatable bonds is 7. The average molecular weight is 345 g/mol. The maximum absolute atomic E-state index is 12.2. The number of imidazole rings is 1. The third kappa shape index (κ3) is 4.10. The minimum Gasteiger partial charge on any atom is -0.444 e. The fourth-order valence-corrected chi connectivity index (χ4v) is 3.42. The van der Waals surface area contributed by atoms with Gasteiger partial charge in [-0.05, 0) is 13.3 Å². The lowest BCUT2D eigenvalue weighted by molar-refractivity contribution is -0.132. The van der Waals surface area contributed by atoms with Crippen molar-refractivity contribution in [3.8, 4) is 0 Å². The topological polar surface area (TPSA) is 67.4 Å². The van der Waals surface area contributed by atoms with Crippen LogP contribution in [0.4, 0.5) is 0 Å². The van der Waals surface area contributed by atoms with E-state index in [1.807, 2.05) is 24.2 Å². The molecule has 3 rings (SSSR count). The molecular weight excluding hydrogens is 318 g/mol. The molecule has 0 saturated carbocycles. The van der Waals surface area contributed by atoms with Crippen molar-refractivity contribution in [3.05, 3.63) is 36.1 Å². The summed E-state index contributed by atoms with van der Waals surface area (Å²) >= 11 is 0. The van der Waals surface area contributed by atoms with Gasteiger partial charge >= 0.3 is 0 Å². The lowest BCUT2D eigenvalue weighted by Gasteiger charge is -2.27. The SMILES string of the molecule is CCc1cnc(CN(C(C)=O)C2CCN(Cc3nccn3CC)C2)o1. The van der Waals surface area contributed by atoms with Crippen LogP contribution in [-0.4, -0.2) is 49.4 Å². The van der Waals surface area contributed by atoms with E-state index in [1.165, 1.54) is 0 Å². The number of nitrogens with zero attached hydrogens (tertiary/aromatic N) is 5. The number of carbonyl (C=O) groups is 1. The van der Waals surface area contributed by atoms with Gasteiger partial charge in [0.1, 0.15) is 11.6 Å². The summed E-state index contributed by atoms with van der Waals surface area (Å²) in [6.07, 6.45) is 7.39. The zero-order valence-corrected chi connectivity index (χ0v) is 15.3. The lowest BCUT2D eigenvalue weighted by atomic mass is 10.2. The summed E-state index contributed by atoms with van der Waals surface area (Å²) in [5, 5.41) is 0. The van der Waals surface area contributed by atoms with E-state index < -0.39 is 0 Å². The summed E-state index contributed by atoms with van der Waals surface area (Å²) in [7, 11) is 0. The number of amides is 1. The molecule has 3 heterocycles. The molecule has 0 bridgehead atoms. The van der Waals surface area contributed by atoms with E-state index in [2.05, 4.69) is 26.4 Å². The van der Waals surface area contributed by atoms with Crippen molar-refractivity contribution < 1.29 is 9.21 Å². The first-order chi connectivity index (χ1) is 12.1. The van der Waals surface area contributed by atoms with Crippen LogP contribution in [0.2, 0.25) is 0 Å². The molecule has 7 nitrogen and oxygen atoms in total. The van der Waals surface area contributed by atoms with Gasteiger partial charge < -0.3 is 13.9 Å². The molecule has 1 unspecified atom stereocenters. The van der Waals surface area contributed by atoms with Gasteiger partial charge in [-0.25, -0.2) is 9.97 Å². The Morgan fingerprint density at radius 2 is 2.24 bits per heavy atom. The number of hydrogen-bond donors (Lipinski definition) is 0. The third-order valence-corrected chi connectivity index (χ3v) is 4.86. The highest BCUT2D eigenvalue weighted by Crippen LogP contribution is 2.20. The summed E-state index contributed by atoms with van der Waals surface area (Å²) in [5.74, 6) is 2.63. The maximum Gasteiger partial charge on any atom is 0.220 e. The monoisotopic (exact) mass is 345 g/mol. The molecule has 0 aromatic carbocycles. The molecule has 7 heteroatoms. The Morgan fingerprint density at radius 1 is 1.40 bits per heavy atom. The molecule has 1 aliphatic heterocycles. The van der Waals surface area contributed by atoms with Crippen LogP contribution in [-0.2, 0) is 30.8 Å². The van der Waals surface area contributed by atoms with Crippen molar-refractivity contribution in [2.24, 2.45) is 0 Å². The molecule has 1 saturated heterocycles. The Hall–Kier alpha value is -2.15. The van der Waals surface area contributed by atoms with E-state index in [0.717, 1.165) is 50.6 Å². The molecule has 25 heavy (non-hydrogen) atoms. The molecule has 0 N–H and O–H groups in total. The zero-order valence-electron chi connectivity index (χ0n) is 15.3. The summed E-state index contributed by atoms with van der Waals surface area (Å²) in [6, 6.07) is 0.194. The minimum absolute atomic E-state index is 0.0677. The number of likely N-dealkylation sites (tertiary alicyclic amines) is 1. The van der Waals surface area contributed by atoms with Crippen LogP contribution in [0.3, 0.4) is 0 Å². The number of aromatic nitrogens is 3. The Labute approximate surface area is 148 Å². The second-order valence-electron chi connectivity index (χ2n) is 6.53. The Kier molecular flexibility index (Phi) is 5.53. The predicted molar refractivity (Wildman–Crippen MR) is 93.7 cm³/mol. The van der Waals surface area contributed by atoms with Crippen LogP contribution in [0, 0.1) is 0 Å². The zero-order chi connectivity index (χ0) is 17.8. The van der Waals surface area contributed by atoms with Gasteiger partial charge in [-0.1, -0.05) is 6.92 Å². The third-order valence-electron chi connectivity index (χ3n) is 4.86. The van der Waals surface area contributed by atoms with Gasteiger partial charge in [0.2, 0.25) is 11.8 Å². The van der Waals surface area contributed by atoms with Crippen LogP contribution < -0.4 is 0 Å². The quantitative estimate of drug-likeness (QED) is 0.768. The van der Waals surface area contributed by atoms with Crippen LogP contribution in [0.1, 0.15) is 44.7 Å². The van der Waals surface area contributed by atoms with Gasteiger partial charge in [-0.3, -0.25) is 9.69 Å². The van der Waals surface area contributed by atoms with Crippen molar-refractivity contribution in [1.29, 1.82) is 0 Å². The second-order valence-corrected chi connectivity index (χ2v) is 6.53. The maximum atomic E-state index is 12.2. The molecule has 0 spiro atoms. The summed E-state index contributed by atoms with van der Waals surface area (Å²) in [6.45, 7) is 9.79. The van der Waals surface area contributed by atoms with Crippen molar-refractivity contribution in [2.45, 2.75) is 59.3 Å². The smallest absolute Gasteiger partial charge is 0.220 e. The molecule has 0 radical (unpaired) electrons. The first-order valence-corrected chi connectivity index (χ1v) is 9.03. The lowest BCUT2D eigenvalue weighted by Crippen LogP contribution is -2.40. The molecule has 1 fully saturated rings. The van der Waals surface area contributed by atoms with Gasteiger partial charge in [0.15, 0.2) is 0 Å². The number of oxazole rings is 1. The molecule has 136 valence electrons. The molecule has 0 aliphatic carbocycles. The van der Waals surface area contributed by atoms with E-state index >= 15 is 0 Å². The fourth-order valence-electron chi connectivity index (χ4n) is 3.42. The molecular formula is C18H27N5O2. The Balaban J connectivity index is 1.62. The Morgan fingerprint density at radius 3 is 2.92 bits per heavy atom. The number of hydrogen-bond acceptors (Lipinski definition) is 5. The summed E-state index contributed by atoms with van der Waals surface area (Å²) < 4.78 is 7.85. The highest BCUT2D eigenvalue weighted by Gasteiger charge is 2.30. The first kappa shape index (κ1) is 17.7. The van der Waals surface area contributed by atoms with E-state index in [-0.39, 0.29) is 11.9 Å². The van der Waals surface area contributed by atoms with E-state index in [1.54, 1.807) is 13.1 Å².